The number of carboxylic acids is 1. The Bertz CT molecular complexity index is 1260. The number of aliphatic carboxylic acids is 1. The molecule has 3 aromatic carbocycles. The Morgan fingerprint density at radius 2 is 1.71 bits per heavy atom. The first-order chi connectivity index (χ1) is 16.3. The van der Waals surface area contributed by atoms with E-state index in [0.717, 1.165) is 46.0 Å². The van der Waals surface area contributed by atoms with Gasteiger partial charge in [-0.15, -0.1) is 0 Å². The topological polar surface area (TPSA) is 91.8 Å². The van der Waals surface area contributed by atoms with E-state index in [0.29, 0.717) is 12.2 Å². The smallest absolute Gasteiger partial charge is 0.341 e. The third-order valence-corrected chi connectivity index (χ3v) is 6.05. The van der Waals surface area contributed by atoms with Crippen molar-refractivity contribution in [3.8, 4) is 11.5 Å². The van der Waals surface area contributed by atoms with Crippen molar-refractivity contribution in [2.24, 2.45) is 5.41 Å². The standard InChI is InChI=1S/C28H31NO5/c1-28(2,16-19-10-12-21(13-11-19)33-18-26(31)32)15-14-20(30)17-34-25-9-5-8-24-27(25)22-6-3-4-7-23(22)29-24/h3-13,20,29-30H,14-18H2,1-2H3,(H,31,32). The van der Waals surface area contributed by atoms with E-state index in [1.807, 2.05) is 48.5 Å². The molecule has 178 valence electrons. The molecule has 0 saturated heterocycles. The maximum Gasteiger partial charge on any atom is 0.341 e. The van der Waals surface area contributed by atoms with Crippen molar-refractivity contribution >= 4 is 27.8 Å². The van der Waals surface area contributed by atoms with Gasteiger partial charge in [0.1, 0.15) is 18.1 Å². The number of para-hydroxylation sites is 1. The number of hydrogen-bond acceptors (Lipinski definition) is 4. The van der Waals surface area contributed by atoms with Crippen LogP contribution in [0.5, 0.6) is 11.5 Å². The SMILES string of the molecule is CC(C)(CCC(O)COc1cccc2[nH]c3ccccc3c12)Cc1ccc(OCC(=O)O)cc1. The van der Waals surface area contributed by atoms with Crippen LogP contribution in [0.2, 0.25) is 0 Å². The molecule has 6 nitrogen and oxygen atoms in total. The number of rotatable bonds is 11. The van der Waals surface area contributed by atoms with Crippen LogP contribution in [0.4, 0.5) is 0 Å². The highest BCUT2D eigenvalue weighted by Crippen LogP contribution is 2.33. The zero-order valence-corrected chi connectivity index (χ0v) is 19.6. The number of carbonyl (C=O) groups is 1. The molecule has 1 unspecified atom stereocenters. The molecule has 0 amide bonds. The van der Waals surface area contributed by atoms with E-state index in [1.54, 1.807) is 12.1 Å². The van der Waals surface area contributed by atoms with E-state index in [1.165, 1.54) is 0 Å². The molecule has 0 aliphatic rings. The summed E-state index contributed by atoms with van der Waals surface area (Å²) in [5.41, 5.74) is 3.22. The van der Waals surface area contributed by atoms with Gasteiger partial charge in [-0.05, 0) is 60.6 Å². The molecule has 6 heteroatoms. The molecule has 0 saturated carbocycles. The van der Waals surface area contributed by atoms with Gasteiger partial charge >= 0.3 is 5.97 Å². The van der Waals surface area contributed by atoms with Crippen molar-refractivity contribution in [1.29, 1.82) is 0 Å². The van der Waals surface area contributed by atoms with Crippen molar-refractivity contribution in [3.05, 3.63) is 72.3 Å². The highest BCUT2D eigenvalue weighted by atomic mass is 16.5. The largest absolute Gasteiger partial charge is 0.490 e. The minimum absolute atomic E-state index is 0.0126. The van der Waals surface area contributed by atoms with Crippen LogP contribution in [0.15, 0.2) is 66.7 Å². The van der Waals surface area contributed by atoms with Crippen molar-refractivity contribution in [2.75, 3.05) is 13.2 Å². The summed E-state index contributed by atoms with van der Waals surface area (Å²) in [6, 6.07) is 21.6. The molecule has 0 bridgehead atoms. The third-order valence-electron chi connectivity index (χ3n) is 6.05. The number of aliphatic hydroxyl groups excluding tert-OH is 1. The van der Waals surface area contributed by atoms with Crippen LogP contribution in [0, 0.1) is 5.41 Å². The number of H-pyrrole nitrogens is 1. The monoisotopic (exact) mass is 461 g/mol. The minimum atomic E-state index is -0.995. The number of hydrogen-bond donors (Lipinski definition) is 3. The summed E-state index contributed by atoms with van der Waals surface area (Å²) in [5, 5.41) is 21.5. The Hall–Kier alpha value is -3.51. The van der Waals surface area contributed by atoms with E-state index >= 15 is 0 Å². The number of fused-ring (bicyclic) bond motifs is 3. The quantitative estimate of drug-likeness (QED) is 0.271. The van der Waals surface area contributed by atoms with Crippen LogP contribution in [-0.2, 0) is 11.2 Å². The minimum Gasteiger partial charge on any atom is -0.490 e. The number of aliphatic hydroxyl groups is 1. The summed E-state index contributed by atoms with van der Waals surface area (Å²) in [7, 11) is 0. The van der Waals surface area contributed by atoms with Gasteiger partial charge in [-0.2, -0.15) is 0 Å². The Morgan fingerprint density at radius 3 is 2.47 bits per heavy atom. The molecule has 0 spiro atoms. The summed E-state index contributed by atoms with van der Waals surface area (Å²) in [4.78, 5) is 14.0. The highest BCUT2D eigenvalue weighted by molar-refractivity contribution is 6.10. The van der Waals surface area contributed by atoms with Gasteiger partial charge in [0.25, 0.3) is 0 Å². The van der Waals surface area contributed by atoms with E-state index in [-0.39, 0.29) is 18.6 Å². The van der Waals surface area contributed by atoms with Crippen molar-refractivity contribution in [3.63, 3.8) is 0 Å². The normalized spacial score (nSPS) is 12.7. The van der Waals surface area contributed by atoms with Gasteiger partial charge in [-0.3, -0.25) is 0 Å². The first-order valence-corrected chi connectivity index (χ1v) is 11.5. The summed E-state index contributed by atoms with van der Waals surface area (Å²) in [6.45, 7) is 4.26. The predicted octanol–water partition coefficient (Wildman–Crippen LogP) is 5.57. The first-order valence-electron chi connectivity index (χ1n) is 11.5. The Balaban J connectivity index is 1.30. The molecular formula is C28H31NO5. The summed E-state index contributed by atoms with van der Waals surface area (Å²) in [6.07, 6.45) is 1.75. The van der Waals surface area contributed by atoms with Crippen molar-refractivity contribution in [1.82, 2.24) is 4.98 Å². The lowest BCUT2D eigenvalue weighted by Gasteiger charge is -2.26. The molecule has 1 atom stereocenters. The Labute approximate surface area is 199 Å². The molecule has 3 N–H and O–H groups in total. The number of ether oxygens (including phenoxy) is 2. The third kappa shape index (κ3) is 5.88. The Morgan fingerprint density at radius 1 is 0.971 bits per heavy atom. The number of nitrogens with one attached hydrogen (secondary N) is 1. The summed E-state index contributed by atoms with van der Waals surface area (Å²) in [5.74, 6) is 0.325. The van der Waals surface area contributed by atoms with E-state index < -0.39 is 12.1 Å². The van der Waals surface area contributed by atoms with Crippen LogP contribution < -0.4 is 9.47 Å². The molecule has 1 aromatic heterocycles. The predicted molar refractivity (Wildman–Crippen MR) is 134 cm³/mol. The molecular weight excluding hydrogens is 430 g/mol. The van der Waals surface area contributed by atoms with Crippen LogP contribution in [-0.4, -0.2) is 40.5 Å². The Kier molecular flexibility index (Phi) is 7.08. The average Bonchev–Trinajstić information content (AvgIpc) is 3.20. The van der Waals surface area contributed by atoms with E-state index in [4.69, 9.17) is 14.6 Å². The van der Waals surface area contributed by atoms with Gasteiger partial charge in [0.2, 0.25) is 0 Å². The highest BCUT2D eigenvalue weighted by Gasteiger charge is 2.21. The lowest BCUT2D eigenvalue weighted by Crippen LogP contribution is -2.22. The van der Waals surface area contributed by atoms with Crippen molar-refractivity contribution < 1.29 is 24.5 Å². The van der Waals surface area contributed by atoms with Crippen LogP contribution in [0.25, 0.3) is 21.8 Å². The number of benzene rings is 3. The first kappa shape index (κ1) is 23.6. The number of carboxylic acid groups (broad SMARTS) is 1. The molecule has 4 aromatic rings. The summed E-state index contributed by atoms with van der Waals surface area (Å²) >= 11 is 0. The second-order valence-electron chi connectivity index (χ2n) is 9.52. The fourth-order valence-electron chi connectivity index (χ4n) is 4.30. The van der Waals surface area contributed by atoms with Gasteiger partial charge in [-0.25, -0.2) is 4.79 Å². The van der Waals surface area contributed by atoms with Gasteiger partial charge in [-0.1, -0.05) is 50.2 Å². The fraction of sp³-hybridized carbons (Fsp3) is 0.321. The number of aromatic nitrogens is 1. The molecule has 0 aliphatic carbocycles. The van der Waals surface area contributed by atoms with Crippen LogP contribution in [0.1, 0.15) is 32.3 Å². The zero-order chi connectivity index (χ0) is 24.1. The summed E-state index contributed by atoms with van der Waals surface area (Å²) < 4.78 is 11.2. The lowest BCUT2D eigenvalue weighted by atomic mass is 9.81. The fourth-order valence-corrected chi connectivity index (χ4v) is 4.30. The van der Waals surface area contributed by atoms with Gasteiger partial charge in [0, 0.05) is 16.3 Å². The molecule has 34 heavy (non-hydrogen) atoms. The van der Waals surface area contributed by atoms with Crippen LogP contribution in [0.3, 0.4) is 0 Å². The zero-order valence-electron chi connectivity index (χ0n) is 19.6. The molecule has 0 aliphatic heterocycles. The van der Waals surface area contributed by atoms with E-state index in [9.17, 15) is 9.90 Å². The van der Waals surface area contributed by atoms with Gasteiger partial charge in [0.05, 0.1) is 11.6 Å². The van der Waals surface area contributed by atoms with Crippen molar-refractivity contribution in [2.45, 2.75) is 39.2 Å². The van der Waals surface area contributed by atoms with E-state index in [2.05, 4.69) is 24.9 Å². The molecule has 4 rings (SSSR count). The molecule has 0 radical (unpaired) electrons. The lowest BCUT2D eigenvalue weighted by molar-refractivity contribution is -0.139. The maximum atomic E-state index is 10.6. The van der Waals surface area contributed by atoms with Crippen LogP contribution >= 0.6 is 0 Å². The molecule has 0 fully saturated rings. The maximum absolute atomic E-state index is 10.6. The average molecular weight is 462 g/mol. The second kappa shape index (κ2) is 10.2. The van der Waals surface area contributed by atoms with Gasteiger partial charge < -0.3 is 24.7 Å². The molecule has 1 heterocycles. The number of aromatic amines is 1. The second-order valence-corrected chi connectivity index (χ2v) is 9.52. The van der Waals surface area contributed by atoms with Gasteiger partial charge in [0.15, 0.2) is 6.61 Å².